The van der Waals surface area contributed by atoms with E-state index < -0.39 is 11.7 Å². The third-order valence-electron chi connectivity index (χ3n) is 3.15. The van der Waals surface area contributed by atoms with E-state index in [2.05, 4.69) is 15.5 Å². The second-order valence-corrected chi connectivity index (χ2v) is 6.22. The van der Waals surface area contributed by atoms with Gasteiger partial charge in [-0.15, -0.1) is 0 Å². The van der Waals surface area contributed by atoms with Gasteiger partial charge in [0.15, 0.2) is 0 Å². The Balaban J connectivity index is 2.23. The van der Waals surface area contributed by atoms with Crippen LogP contribution in [0.4, 0.5) is 21.9 Å². The van der Waals surface area contributed by atoms with E-state index in [1.54, 1.807) is 32.9 Å². The van der Waals surface area contributed by atoms with E-state index in [9.17, 15) is 9.90 Å². The van der Waals surface area contributed by atoms with Crippen molar-refractivity contribution in [1.29, 1.82) is 0 Å². The van der Waals surface area contributed by atoms with Crippen LogP contribution in [0.5, 0.6) is 5.75 Å². The molecule has 1 heterocycles. The molecule has 1 aliphatic rings. The predicted molar refractivity (Wildman–Crippen MR) is 84.3 cm³/mol. The molecule has 1 aliphatic heterocycles. The van der Waals surface area contributed by atoms with Crippen molar-refractivity contribution in [3.05, 3.63) is 12.1 Å². The lowest BCUT2D eigenvalue weighted by Gasteiger charge is -2.22. The highest BCUT2D eigenvalue weighted by Gasteiger charge is 2.20. The largest absolute Gasteiger partial charge is 0.506 e. The minimum absolute atomic E-state index is 0.0161. The average Bonchev–Trinajstić information content (AvgIpc) is 2.50. The van der Waals surface area contributed by atoms with Crippen molar-refractivity contribution < 1.29 is 14.6 Å². The first-order valence-corrected chi connectivity index (χ1v) is 7.08. The van der Waals surface area contributed by atoms with Gasteiger partial charge in [-0.1, -0.05) is 0 Å². The van der Waals surface area contributed by atoms with Gasteiger partial charge in [0.2, 0.25) is 0 Å². The fraction of sp³-hybridized carbons (Fsp3) is 0.533. The zero-order chi connectivity index (χ0) is 15.6. The van der Waals surface area contributed by atoms with E-state index in [-0.39, 0.29) is 5.75 Å². The van der Waals surface area contributed by atoms with Crippen molar-refractivity contribution in [3.8, 4) is 5.75 Å². The van der Waals surface area contributed by atoms with Crippen LogP contribution in [0, 0.1) is 0 Å². The summed E-state index contributed by atoms with van der Waals surface area (Å²) in [7, 11) is 1.99. The Morgan fingerprint density at radius 2 is 2.14 bits per heavy atom. The standard InChI is InChI=1S/C15H23N3O3/c1-15(2,3)21-14(20)17-11-8-12-10(9-13(11)19)16-6-5-7-18(12)4/h8-9,16,19H,5-7H2,1-4H3,(H,17,20). The number of anilines is 3. The lowest BCUT2D eigenvalue weighted by atomic mass is 10.2. The molecule has 1 aromatic rings. The van der Waals surface area contributed by atoms with E-state index in [4.69, 9.17) is 4.74 Å². The molecule has 0 saturated carbocycles. The highest BCUT2D eigenvalue weighted by molar-refractivity contribution is 5.90. The molecular weight excluding hydrogens is 270 g/mol. The first-order chi connectivity index (χ1) is 9.76. The van der Waals surface area contributed by atoms with E-state index in [0.717, 1.165) is 30.9 Å². The molecule has 0 atom stereocenters. The van der Waals surface area contributed by atoms with Crippen molar-refractivity contribution in [2.24, 2.45) is 0 Å². The monoisotopic (exact) mass is 293 g/mol. The molecule has 1 amide bonds. The molecule has 116 valence electrons. The normalized spacial score (nSPS) is 14.8. The lowest BCUT2D eigenvalue weighted by Crippen LogP contribution is -2.27. The van der Waals surface area contributed by atoms with Crippen molar-refractivity contribution >= 4 is 23.2 Å². The van der Waals surface area contributed by atoms with Gasteiger partial charge in [0.05, 0.1) is 17.1 Å². The summed E-state index contributed by atoms with van der Waals surface area (Å²) in [4.78, 5) is 13.9. The number of carbonyl (C=O) groups is 1. The third-order valence-corrected chi connectivity index (χ3v) is 3.15. The summed E-state index contributed by atoms with van der Waals surface area (Å²) in [6.07, 6.45) is 0.433. The second-order valence-electron chi connectivity index (χ2n) is 6.22. The van der Waals surface area contributed by atoms with Gasteiger partial charge >= 0.3 is 6.09 Å². The number of nitrogens with zero attached hydrogens (tertiary/aromatic N) is 1. The molecule has 0 aromatic heterocycles. The lowest BCUT2D eigenvalue weighted by molar-refractivity contribution is 0.0635. The van der Waals surface area contributed by atoms with Gasteiger partial charge in [0, 0.05) is 26.2 Å². The Morgan fingerprint density at radius 3 is 2.81 bits per heavy atom. The SMILES string of the molecule is CN1CCCNc2cc(O)c(NC(=O)OC(C)(C)C)cc21. The van der Waals surface area contributed by atoms with Crippen molar-refractivity contribution in [2.45, 2.75) is 32.8 Å². The number of benzene rings is 1. The van der Waals surface area contributed by atoms with Gasteiger partial charge < -0.3 is 20.1 Å². The van der Waals surface area contributed by atoms with Crippen LogP contribution < -0.4 is 15.5 Å². The Kier molecular flexibility index (Phi) is 4.16. The molecular formula is C15H23N3O3. The minimum atomic E-state index is -0.581. The second kappa shape index (κ2) is 5.71. The van der Waals surface area contributed by atoms with Gasteiger partial charge in [0.25, 0.3) is 0 Å². The molecule has 2 rings (SSSR count). The van der Waals surface area contributed by atoms with Crippen LogP contribution in [0.25, 0.3) is 0 Å². The highest BCUT2D eigenvalue weighted by Crippen LogP contribution is 2.37. The van der Waals surface area contributed by atoms with Gasteiger partial charge in [-0.25, -0.2) is 4.79 Å². The van der Waals surface area contributed by atoms with Crippen LogP contribution in [0.15, 0.2) is 12.1 Å². The molecule has 0 bridgehead atoms. The van der Waals surface area contributed by atoms with E-state index in [1.165, 1.54) is 0 Å². The maximum Gasteiger partial charge on any atom is 0.412 e. The summed E-state index contributed by atoms with van der Waals surface area (Å²) in [6, 6.07) is 3.39. The fourth-order valence-electron chi connectivity index (χ4n) is 2.21. The van der Waals surface area contributed by atoms with Crippen molar-refractivity contribution in [2.75, 3.05) is 35.7 Å². The molecule has 0 unspecified atom stereocenters. The number of phenolic OH excluding ortho intramolecular Hbond substituents is 1. The topological polar surface area (TPSA) is 73.8 Å². The molecule has 0 radical (unpaired) electrons. The Bertz CT molecular complexity index is 538. The number of hydrogen-bond acceptors (Lipinski definition) is 5. The summed E-state index contributed by atoms with van der Waals surface area (Å²) in [5, 5.41) is 15.9. The van der Waals surface area contributed by atoms with Crippen LogP contribution >= 0.6 is 0 Å². The van der Waals surface area contributed by atoms with Crippen molar-refractivity contribution in [1.82, 2.24) is 0 Å². The number of nitrogens with one attached hydrogen (secondary N) is 2. The smallest absolute Gasteiger partial charge is 0.412 e. The maximum atomic E-state index is 11.8. The van der Waals surface area contributed by atoms with Gasteiger partial charge in [-0.2, -0.15) is 0 Å². The zero-order valence-corrected chi connectivity index (χ0v) is 13.0. The summed E-state index contributed by atoms with van der Waals surface area (Å²) in [5.74, 6) is 0.0161. The first kappa shape index (κ1) is 15.3. The van der Waals surface area contributed by atoms with E-state index in [0.29, 0.717) is 5.69 Å². The number of fused-ring (bicyclic) bond motifs is 1. The molecule has 0 spiro atoms. The van der Waals surface area contributed by atoms with Gasteiger partial charge in [0.1, 0.15) is 11.4 Å². The molecule has 3 N–H and O–H groups in total. The molecule has 0 fully saturated rings. The molecule has 21 heavy (non-hydrogen) atoms. The summed E-state index contributed by atoms with van der Waals surface area (Å²) in [5.41, 5.74) is 1.57. The summed E-state index contributed by atoms with van der Waals surface area (Å²) < 4.78 is 5.20. The Morgan fingerprint density at radius 1 is 1.43 bits per heavy atom. The first-order valence-electron chi connectivity index (χ1n) is 7.08. The van der Waals surface area contributed by atoms with Gasteiger partial charge in [-0.3, -0.25) is 5.32 Å². The number of amides is 1. The molecule has 6 nitrogen and oxygen atoms in total. The predicted octanol–water partition coefficient (Wildman–Crippen LogP) is 2.99. The highest BCUT2D eigenvalue weighted by atomic mass is 16.6. The summed E-state index contributed by atoms with van der Waals surface area (Å²) in [6.45, 7) is 7.15. The van der Waals surface area contributed by atoms with Crippen LogP contribution in [0.3, 0.4) is 0 Å². The number of carbonyl (C=O) groups excluding carboxylic acids is 1. The van der Waals surface area contributed by atoms with Gasteiger partial charge in [-0.05, 0) is 33.3 Å². The number of phenols is 1. The Hall–Kier alpha value is -2.11. The summed E-state index contributed by atoms with van der Waals surface area (Å²) >= 11 is 0. The number of hydrogen-bond donors (Lipinski definition) is 3. The van der Waals surface area contributed by atoms with Crippen LogP contribution in [-0.4, -0.2) is 36.9 Å². The fourth-order valence-corrected chi connectivity index (χ4v) is 2.21. The number of aromatic hydroxyl groups is 1. The van der Waals surface area contributed by atoms with Crippen LogP contribution in [0.2, 0.25) is 0 Å². The number of rotatable bonds is 1. The third kappa shape index (κ3) is 3.93. The van der Waals surface area contributed by atoms with Crippen molar-refractivity contribution in [3.63, 3.8) is 0 Å². The number of ether oxygens (including phenoxy) is 1. The van der Waals surface area contributed by atoms with E-state index >= 15 is 0 Å². The Labute approximate surface area is 125 Å². The molecule has 0 aliphatic carbocycles. The van der Waals surface area contributed by atoms with Crippen LogP contribution in [0.1, 0.15) is 27.2 Å². The molecule has 6 heteroatoms. The van der Waals surface area contributed by atoms with E-state index in [1.807, 2.05) is 7.05 Å². The quantitative estimate of drug-likeness (QED) is 0.694. The zero-order valence-electron chi connectivity index (χ0n) is 13.0. The van der Waals surface area contributed by atoms with Crippen LogP contribution in [-0.2, 0) is 4.74 Å². The maximum absolute atomic E-state index is 11.8. The molecule has 0 saturated heterocycles. The minimum Gasteiger partial charge on any atom is -0.506 e. The average molecular weight is 293 g/mol. The molecule has 1 aromatic carbocycles.